The van der Waals surface area contributed by atoms with Crippen molar-refractivity contribution in [1.29, 1.82) is 0 Å². The Morgan fingerprint density at radius 3 is 2.26 bits per heavy atom. The molecule has 0 saturated heterocycles. The van der Waals surface area contributed by atoms with Gasteiger partial charge in [-0.25, -0.2) is 0 Å². The second-order valence-corrected chi connectivity index (χ2v) is 11.3. The summed E-state index contributed by atoms with van der Waals surface area (Å²) in [6.45, 7) is 15.8. The van der Waals surface area contributed by atoms with Gasteiger partial charge in [-0.05, 0) is 81.6 Å². The maximum atomic E-state index is 10.9. The number of carboxylic acids is 1. The number of aliphatic hydroxyl groups is 1. The molecule has 7 unspecified atom stereocenters. The van der Waals surface area contributed by atoms with Crippen LogP contribution in [0.5, 0.6) is 0 Å². The maximum Gasteiger partial charge on any atom is 0.306 e. The molecule has 0 saturated carbocycles. The van der Waals surface area contributed by atoms with Crippen molar-refractivity contribution in [2.45, 2.75) is 125 Å². The van der Waals surface area contributed by atoms with Gasteiger partial charge in [0, 0.05) is 6.61 Å². The molecule has 2 N–H and O–H groups in total. The molecule has 0 amide bonds. The second kappa shape index (κ2) is 16.5. The third-order valence-electron chi connectivity index (χ3n) is 8.04. The molecule has 1 aliphatic carbocycles. The van der Waals surface area contributed by atoms with E-state index in [0.29, 0.717) is 11.8 Å². The van der Waals surface area contributed by atoms with Crippen LogP contribution in [-0.2, 0) is 9.53 Å². The lowest BCUT2D eigenvalue weighted by Crippen LogP contribution is -2.39. The van der Waals surface area contributed by atoms with Crippen LogP contribution in [0.4, 0.5) is 0 Å². The van der Waals surface area contributed by atoms with Crippen LogP contribution in [0.2, 0.25) is 0 Å². The van der Waals surface area contributed by atoms with E-state index in [4.69, 9.17) is 9.84 Å². The molecule has 0 radical (unpaired) electrons. The first-order chi connectivity index (χ1) is 16.1. The number of rotatable bonds is 17. The van der Waals surface area contributed by atoms with Crippen LogP contribution in [0.25, 0.3) is 0 Å². The number of carboxylic acid groups (broad SMARTS) is 1. The van der Waals surface area contributed by atoms with Gasteiger partial charge in [0.15, 0.2) is 0 Å². The maximum absolute atomic E-state index is 10.9. The molecule has 1 rings (SSSR count). The minimum atomic E-state index is -0.696. The van der Waals surface area contributed by atoms with Gasteiger partial charge >= 0.3 is 5.97 Å². The van der Waals surface area contributed by atoms with Crippen molar-refractivity contribution in [3.05, 3.63) is 23.3 Å². The van der Waals surface area contributed by atoms with Crippen LogP contribution < -0.4 is 0 Å². The van der Waals surface area contributed by atoms with Crippen LogP contribution in [0, 0.1) is 29.6 Å². The highest BCUT2D eigenvalue weighted by molar-refractivity contribution is 5.69. The molecule has 198 valence electrons. The standard InChI is InChI=1S/C30H54O4/c1-8-34-29-26(7)25(6)28(31)20-27(29)19-18-23(4)15-10-14-21(2)12-9-13-22(3)16-11-17-24(5)30(32)33/h16,20-21,23-26,28-29,31H,8-15,17-19H2,1-7H3,(H,32,33)/b22-16+. The molecule has 4 nitrogen and oxygen atoms in total. The summed E-state index contributed by atoms with van der Waals surface area (Å²) >= 11 is 0. The molecule has 0 fully saturated rings. The van der Waals surface area contributed by atoms with Crippen LogP contribution in [0.1, 0.15) is 113 Å². The molecule has 0 aliphatic heterocycles. The summed E-state index contributed by atoms with van der Waals surface area (Å²) in [6, 6.07) is 0. The Bertz CT molecular complexity index is 638. The monoisotopic (exact) mass is 478 g/mol. The predicted molar refractivity (Wildman–Crippen MR) is 143 cm³/mol. The molecule has 0 aromatic carbocycles. The Hall–Kier alpha value is -1.13. The van der Waals surface area contributed by atoms with E-state index in [9.17, 15) is 9.90 Å². The highest BCUT2D eigenvalue weighted by Crippen LogP contribution is 2.35. The Morgan fingerprint density at radius 1 is 1.03 bits per heavy atom. The molecular weight excluding hydrogens is 424 g/mol. The summed E-state index contributed by atoms with van der Waals surface area (Å²) in [4.78, 5) is 10.9. The average molecular weight is 479 g/mol. The second-order valence-electron chi connectivity index (χ2n) is 11.3. The molecule has 0 heterocycles. The fraction of sp³-hybridized carbons (Fsp3) is 0.833. The van der Waals surface area contributed by atoms with Crippen molar-refractivity contribution < 1.29 is 19.7 Å². The molecule has 0 spiro atoms. The van der Waals surface area contributed by atoms with Gasteiger partial charge in [0.25, 0.3) is 0 Å². The van der Waals surface area contributed by atoms with E-state index in [1.54, 1.807) is 6.92 Å². The zero-order chi connectivity index (χ0) is 25.7. The van der Waals surface area contributed by atoms with E-state index in [-0.39, 0.29) is 24.0 Å². The average Bonchev–Trinajstić information content (AvgIpc) is 2.78. The highest BCUT2D eigenvalue weighted by Gasteiger charge is 2.34. The van der Waals surface area contributed by atoms with Gasteiger partial charge in [-0.15, -0.1) is 0 Å². The van der Waals surface area contributed by atoms with Gasteiger partial charge in [0.1, 0.15) is 0 Å². The number of aliphatic hydroxyl groups excluding tert-OH is 1. The lowest BCUT2D eigenvalue weighted by molar-refractivity contribution is -0.141. The summed E-state index contributed by atoms with van der Waals surface area (Å²) < 4.78 is 6.06. The molecule has 34 heavy (non-hydrogen) atoms. The minimum Gasteiger partial charge on any atom is -0.481 e. The van der Waals surface area contributed by atoms with E-state index in [1.165, 1.54) is 49.7 Å². The van der Waals surface area contributed by atoms with Crippen LogP contribution in [-0.4, -0.2) is 35.0 Å². The number of allylic oxidation sites excluding steroid dienone is 2. The molecule has 0 aromatic heterocycles. The number of aliphatic carboxylic acids is 1. The van der Waals surface area contributed by atoms with Crippen LogP contribution >= 0.6 is 0 Å². The third kappa shape index (κ3) is 11.5. The van der Waals surface area contributed by atoms with E-state index >= 15 is 0 Å². The third-order valence-corrected chi connectivity index (χ3v) is 8.04. The lowest BCUT2D eigenvalue weighted by atomic mass is 9.76. The molecular formula is C30H54O4. The predicted octanol–water partition coefficient (Wildman–Crippen LogP) is 7.80. The van der Waals surface area contributed by atoms with Crippen molar-refractivity contribution >= 4 is 5.97 Å². The fourth-order valence-electron chi connectivity index (χ4n) is 5.11. The van der Waals surface area contributed by atoms with Gasteiger partial charge in [0.05, 0.1) is 18.1 Å². The zero-order valence-electron chi connectivity index (χ0n) is 23.2. The van der Waals surface area contributed by atoms with Gasteiger partial charge in [-0.3, -0.25) is 4.79 Å². The topological polar surface area (TPSA) is 66.8 Å². The van der Waals surface area contributed by atoms with Gasteiger partial charge in [-0.2, -0.15) is 0 Å². The van der Waals surface area contributed by atoms with Crippen LogP contribution in [0.15, 0.2) is 23.3 Å². The molecule has 0 aromatic rings. The van der Waals surface area contributed by atoms with E-state index in [1.807, 2.05) is 0 Å². The van der Waals surface area contributed by atoms with Crippen molar-refractivity contribution in [3.8, 4) is 0 Å². The van der Waals surface area contributed by atoms with Crippen molar-refractivity contribution in [3.63, 3.8) is 0 Å². The smallest absolute Gasteiger partial charge is 0.306 e. The zero-order valence-corrected chi connectivity index (χ0v) is 23.2. The van der Waals surface area contributed by atoms with E-state index in [2.05, 4.69) is 53.7 Å². The molecule has 4 heteroatoms. The van der Waals surface area contributed by atoms with Gasteiger partial charge in [-0.1, -0.05) is 78.0 Å². The Morgan fingerprint density at radius 2 is 1.65 bits per heavy atom. The number of carbonyl (C=O) groups is 1. The quantitative estimate of drug-likeness (QED) is 0.209. The number of hydrogen-bond donors (Lipinski definition) is 2. The fourth-order valence-corrected chi connectivity index (χ4v) is 5.11. The van der Waals surface area contributed by atoms with Crippen molar-refractivity contribution in [1.82, 2.24) is 0 Å². The molecule has 0 bridgehead atoms. The summed E-state index contributed by atoms with van der Waals surface area (Å²) in [7, 11) is 0. The first-order valence-corrected chi connectivity index (χ1v) is 13.9. The first kappa shape index (κ1) is 30.9. The Kier molecular flexibility index (Phi) is 15.0. The molecule has 1 aliphatic rings. The van der Waals surface area contributed by atoms with Gasteiger partial charge in [0.2, 0.25) is 0 Å². The summed E-state index contributed by atoms with van der Waals surface area (Å²) in [5.41, 5.74) is 2.70. The van der Waals surface area contributed by atoms with Gasteiger partial charge < -0.3 is 14.9 Å². The highest BCUT2D eigenvalue weighted by atomic mass is 16.5. The van der Waals surface area contributed by atoms with Crippen LogP contribution in [0.3, 0.4) is 0 Å². The Labute approximate surface area is 210 Å². The number of hydrogen-bond acceptors (Lipinski definition) is 3. The Balaban J connectivity index is 2.25. The SMILES string of the molecule is CCOC1C(CCC(C)CCCC(C)CCC/C(C)=C/CCC(C)C(=O)O)=CC(O)C(C)C1C. The van der Waals surface area contributed by atoms with E-state index < -0.39 is 5.97 Å². The lowest BCUT2D eigenvalue weighted by Gasteiger charge is -2.37. The van der Waals surface area contributed by atoms with E-state index in [0.717, 1.165) is 38.2 Å². The summed E-state index contributed by atoms with van der Waals surface area (Å²) in [5, 5.41) is 19.4. The summed E-state index contributed by atoms with van der Waals surface area (Å²) in [6.07, 6.45) is 15.4. The number of ether oxygens (including phenoxy) is 1. The molecule has 7 atom stereocenters. The van der Waals surface area contributed by atoms with Crippen molar-refractivity contribution in [2.24, 2.45) is 29.6 Å². The minimum absolute atomic E-state index is 0.161. The first-order valence-electron chi connectivity index (χ1n) is 13.9. The van der Waals surface area contributed by atoms with Crippen molar-refractivity contribution in [2.75, 3.05) is 6.61 Å². The summed E-state index contributed by atoms with van der Waals surface area (Å²) in [5.74, 6) is 1.11. The largest absolute Gasteiger partial charge is 0.481 e. The normalized spacial score (nSPS) is 26.1.